The molecule has 0 saturated heterocycles. The molecule has 1 amide bonds. The third-order valence-corrected chi connectivity index (χ3v) is 7.37. The first-order valence-corrected chi connectivity index (χ1v) is 13.3. The summed E-state index contributed by atoms with van der Waals surface area (Å²) in [7, 11) is 0. The van der Waals surface area contributed by atoms with Crippen LogP contribution >= 0.6 is 11.3 Å². The predicted octanol–water partition coefficient (Wildman–Crippen LogP) is 4.63. The smallest absolute Gasteiger partial charge is 0.237 e. The maximum Gasteiger partial charge on any atom is 0.237 e. The van der Waals surface area contributed by atoms with Crippen LogP contribution in [0.25, 0.3) is 0 Å². The lowest BCUT2D eigenvalue weighted by Gasteiger charge is -2.37. The quantitative estimate of drug-likeness (QED) is 0.350. The summed E-state index contributed by atoms with van der Waals surface area (Å²) in [5.74, 6) is 0.923. The number of benzene rings is 2. The fraction of sp³-hybridized carbons (Fsp3) is 0.345. The standard InChI is InChI=1S/C29H33FN2O4S/c1-3-14-31(17-23(33)19-36-27-7-5-4-6-21(27)2)18-29(34)32-15-12-28-25(13-16-37-28)26(32)20-35-24-10-8-22(30)9-11-24/h3-11,13,16,23,26,33H,1,12,14-15,17-20H2,2H3/t23-,26-/m1/s1. The highest BCUT2D eigenvalue weighted by Crippen LogP contribution is 2.34. The van der Waals surface area contributed by atoms with Crippen molar-refractivity contribution in [3.63, 3.8) is 0 Å². The van der Waals surface area contributed by atoms with Crippen LogP contribution in [0.3, 0.4) is 0 Å². The Morgan fingerprint density at radius 1 is 1.24 bits per heavy atom. The van der Waals surface area contributed by atoms with E-state index in [1.54, 1.807) is 29.5 Å². The van der Waals surface area contributed by atoms with Gasteiger partial charge >= 0.3 is 0 Å². The number of carbonyl (C=O) groups excluding carboxylic acids is 1. The monoisotopic (exact) mass is 524 g/mol. The van der Waals surface area contributed by atoms with Gasteiger partial charge in [-0.1, -0.05) is 24.3 Å². The van der Waals surface area contributed by atoms with Crippen molar-refractivity contribution in [2.24, 2.45) is 0 Å². The normalized spacial score (nSPS) is 15.8. The van der Waals surface area contributed by atoms with Crippen molar-refractivity contribution in [2.45, 2.75) is 25.5 Å². The molecule has 0 saturated carbocycles. The number of ether oxygens (including phenoxy) is 2. The minimum Gasteiger partial charge on any atom is -0.491 e. The molecule has 1 aromatic heterocycles. The zero-order valence-corrected chi connectivity index (χ0v) is 21.8. The van der Waals surface area contributed by atoms with Crippen LogP contribution in [0.15, 0.2) is 72.6 Å². The number of hydrogen-bond acceptors (Lipinski definition) is 6. The van der Waals surface area contributed by atoms with Crippen LogP contribution in [-0.2, 0) is 11.2 Å². The number of hydrogen-bond donors (Lipinski definition) is 1. The van der Waals surface area contributed by atoms with E-state index in [9.17, 15) is 14.3 Å². The highest BCUT2D eigenvalue weighted by molar-refractivity contribution is 7.10. The van der Waals surface area contributed by atoms with Gasteiger partial charge in [-0.2, -0.15) is 0 Å². The summed E-state index contributed by atoms with van der Waals surface area (Å²) in [6.07, 6.45) is 1.75. The minimum absolute atomic E-state index is 0.0431. The first-order valence-electron chi connectivity index (χ1n) is 12.4. The van der Waals surface area contributed by atoms with Crippen LogP contribution < -0.4 is 9.47 Å². The predicted molar refractivity (Wildman–Crippen MR) is 144 cm³/mol. The summed E-state index contributed by atoms with van der Waals surface area (Å²) < 4.78 is 25.0. The van der Waals surface area contributed by atoms with E-state index in [4.69, 9.17) is 9.47 Å². The number of carbonyl (C=O) groups is 1. The zero-order valence-electron chi connectivity index (χ0n) is 21.0. The largest absolute Gasteiger partial charge is 0.491 e. The Bertz CT molecular complexity index is 1180. The van der Waals surface area contributed by atoms with Crippen molar-refractivity contribution in [3.8, 4) is 11.5 Å². The summed E-state index contributed by atoms with van der Waals surface area (Å²) >= 11 is 1.69. The summed E-state index contributed by atoms with van der Waals surface area (Å²) in [6, 6.07) is 15.4. The molecular weight excluding hydrogens is 491 g/mol. The summed E-state index contributed by atoms with van der Waals surface area (Å²) in [5.41, 5.74) is 2.09. The molecule has 2 heterocycles. The Balaban J connectivity index is 1.39. The average molecular weight is 525 g/mol. The lowest BCUT2D eigenvalue weighted by Crippen LogP contribution is -2.48. The van der Waals surface area contributed by atoms with Gasteiger partial charge in [-0.3, -0.25) is 9.69 Å². The second-order valence-electron chi connectivity index (χ2n) is 9.13. The fourth-order valence-electron chi connectivity index (χ4n) is 4.50. The third kappa shape index (κ3) is 7.19. The van der Waals surface area contributed by atoms with E-state index in [1.165, 1.54) is 17.0 Å². The van der Waals surface area contributed by atoms with Gasteiger partial charge in [-0.05, 0) is 66.2 Å². The number of rotatable bonds is 12. The Morgan fingerprint density at radius 3 is 2.78 bits per heavy atom. The van der Waals surface area contributed by atoms with E-state index >= 15 is 0 Å². The van der Waals surface area contributed by atoms with Crippen LogP contribution in [-0.4, -0.2) is 66.3 Å². The number of amides is 1. The lowest BCUT2D eigenvalue weighted by molar-refractivity contribution is -0.136. The number of aliphatic hydroxyl groups excluding tert-OH is 1. The molecule has 0 fully saturated rings. The van der Waals surface area contributed by atoms with Gasteiger partial charge in [0.05, 0.1) is 12.6 Å². The highest BCUT2D eigenvalue weighted by atomic mass is 32.1. The minimum atomic E-state index is -0.769. The molecule has 1 aliphatic rings. The van der Waals surface area contributed by atoms with Gasteiger partial charge in [-0.15, -0.1) is 17.9 Å². The number of para-hydroxylation sites is 1. The fourth-order valence-corrected chi connectivity index (χ4v) is 5.43. The zero-order chi connectivity index (χ0) is 26.2. The Morgan fingerprint density at radius 2 is 2.03 bits per heavy atom. The molecule has 0 radical (unpaired) electrons. The number of halogens is 1. The van der Waals surface area contributed by atoms with Crippen molar-refractivity contribution in [1.82, 2.24) is 9.80 Å². The molecule has 196 valence electrons. The Labute approximate surface area is 221 Å². The molecule has 1 N–H and O–H groups in total. The number of thiophene rings is 1. The van der Waals surface area contributed by atoms with Crippen LogP contribution in [0, 0.1) is 12.7 Å². The van der Waals surface area contributed by atoms with E-state index in [-0.39, 0.29) is 44.1 Å². The molecule has 2 atom stereocenters. The molecular formula is C29H33FN2O4S. The summed E-state index contributed by atoms with van der Waals surface area (Å²) in [5, 5.41) is 12.7. The molecule has 4 rings (SSSR count). The molecule has 0 unspecified atom stereocenters. The van der Waals surface area contributed by atoms with Gasteiger partial charge in [0.2, 0.25) is 5.91 Å². The first-order chi connectivity index (χ1) is 17.9. The maximum atomic E-state index is 13.5. The summed E-state index contributed by atoms with van der Waals surface area (Å²) in [4.78, 5) is 18.5. The van der Waals surface area contributed by atoms with Crippen LogP contribution in [0.1, 0.15) is 22.0 Å². The van der Waals surface area contributed by atoms with Crippen LogP contribution in [0.5, 0.6) is 11.5 Å². The van der Waals surface area contributed by atoms with E-state index in [2.05, 4.69) is 6.58 Å². The van der Waals surface area contributed by atoms with Crippen molar-refractivity contribution in [2.75, 3.05) is 39.4 Å². The number of fused-ring (bicyclic) bond motifs is 1. The second kappa shape index (κ2) is 12.9. The number of aryl methyl sites for hydroxylation is 1. The molecule has 2 aromatic carbocycles. The van der Waals surface area contributed by atoms with Gasteiger partial charge in [0.1, 0.15) is 36.6 Å². The lowest BCUT2D eigenvalue weighted by atomic mass is 10.0. The van der Waals surface area contributed by atoms with E-state index in [0.717, 1.165) is 23.3 Å². The number of nitrogens with zero attached hydrogens (tertiary/aromatic N) is 2. The highest BCUT2D eigenvalue weighted by Gasteiger charge is 2.33. The Kier molecular flexibility index (Phi) is 9.33. The molecule has 0 bridgehead atoms. The van der Waals surface area contributed by atoms with Gasteiger partial charge in [0.15, 0.2) is 0 Å². The average Bonchev–Trinajstić information content (AvgIpc) is 3.37. The molecule has 1 aliphatic heterocycles. The van der Waals surface area contributed by atoms with Gasteiger partial charge in [0, 0.05) is 24.5 Å². The number of aliphatic hydroxyl groups is 1. The van der Waals surface area contributed by atoms with Crippen molar-refractivity contribution >= 4 is 17.2 Å². The molecule has 0 aliphatic carbocycles. The maximum absolute atomic E-state index is 13.5. The van der Waals surface area contributed by atoms with Crippen LogP contribution in [0.2, 0.25) is 0 Å². The molecule has 3 aromatic rings. The van der Waals surface area contributed by atoms with E-state index < -0.39 is 6.10 Å². The second-order valence-corrected chi connectivity index (χ2v) is 10.1. The first kappa shape index (κ1) is 26.9. The molecule has 0 spiro atoms. The van der Waals surface area contributed by atoms with Gasteiger partial charge in [-0.25, -0.2) is 4.39 Å². The Hall–Kier alpha value is -3.20. The van der Waals surface area contributed by atoms with Gasteiger partial charge in [0.25, 0.3) is 0 Å². The van der Waals surface area contributed by atoms with Crippen LogP contribution in [0.4, 0.5) is 4.39 Å². The van der Waals surface area contributed by atoms with Gasteiger partial charge < -0.3 is 19.5 Å². The molecule has 8 heteroatoms. The van der Waals surface area contributed by atoms with E-state index in [0.29, 0.717) is 18.8 Å². The summed E-state index contributed by atoms with van der Waals surface area (Å²) in [6.45, 7) is 7.63. The van der Waals surface area contributed by atoms with E-state index in [1.807, 2.05) is 52.4 Å². The molecule has 37 heavy (non-hydrogen) atoms. The van der Waals surface area contributed by atoms with Crippen molar-refractivity contribution in [1.29, 1.82) is 0 Å². The topological polar surface area (TPSA) is 62.2 Å². The third-order valence-electron chi connectivity index (χ3n) is 6.38. The SMILES string of the molecule is C=CCN(CC(=O)N1CCc2sccc2[C@H]1COc1ccc(F)cc1)C[C@@H](O)COc1ccccc1C. The van der Waals surface area contributed by atoms with Crippen molar-refractivity contribution in [3.05, 3.63) is 94.5 Å². The molecule has 6 nitrogen and oxygen atoms in total. The van der Waals surface area contributed by atoms with Crippen molar-refractivity contribution < 1.29 is 23.8 Å².